The van der Waals surface area contributed by atoms with Gasteiger partial charge in [-0.15, -0.1) is 6.58 Å². The van der Waals surface area contributed by atoms with Gasteiger partial charge in [0.25, 0.3) is 0 Å². The first-order chi connectivity index (χ1) is 4.59. The molecule has 0 aliphatic carbocycles. The number of carboxylic acids is 1. The van der Waals surface area contributed by atoms with E-state index in [9.17, 15) is 4.79 Å². The highest BCUT2D eigenvalue weighted by Gasteiger charge is 2.17. The maximum absolute atomic E-state index is 10.4. The monoisotopic (exact) mass is 141 g/mol. The quantitative estimate of drug-likeness (QED) is 0.607. The highest BCUT2D eigenvalue weighted by atomic mass is 16.4. The van der Waals surface area contributed by atoms with E-state index in [0.717, 1.165) is 5.92 Å². The van der Waals surface area contributed by atoms with Crippen LogP contribution < -0.4 is 0 Å². The van der Waals surface area contributed by atoms with Gasteiger partial charge in [0.1, 0.15) is 0 Å². The van der Waals surface area contributed by atoms with Gasteiger partial charge in [-0.25, -0.2) is 0 Å². The second kappa shape index (κ2) is 4.09. The van der Waals surface area contributed by atoms with E-state index in [2.05, 4.69) is 6.58 Å². The molecular formula is C8H13O2. The highest BCUT2D eigenvalue weighted by Crippen LogP contribution is 2.17. The second-order valence-corrected chi connectivity index (χ2v) is 2.40. The largest absolute Gasteiger partial charge is 0.481 e. The molecule has 0 aromatic carbocycles. The number of hydrogen-bond acceptors (Lipinski definition) is 1. The summed E-state index contributed by atoms with van der Waals surface area (Å²) in [5.41, 5.74) is 0. The van der Waals surface area contributed by atoms with Crippen molar-refractivity contribution in [2.75, 3.05) is 0 Å². The van der Waals surface area contributed by atoms with Gasteiger partial charge in [-0.3, -0.25) is 4.79 Å². The van der Waals surface area contributed by atoms with Gasteiger partial charge < -0.3 is 5.11 Å². The lowest BCUT2D eigenvalue weighted by Gasteiger charge is -2.11. The van der Waals surface area contributed by atoms with Gasteiger partial charge in [-0.2, -0.15) is 0 Å². The molecule has 0 aliphatic rings. The van der Waals surface area contributed by atoms with Gasteiger partial charge in [-0.1, -0.05) is 19.9 Å². The first-order valence-electron chi connectivity index (χ1n) is 3.25. The lowest BCUT2D eigenvalue weighted by Crippen LogP contribution is -2.15. The fraction of sp³-hybridized carbons (Fsp3) is 0.500. The predicted octanol–water partition coefficient (Wildman–Crippen LogP) is 1.88. The topological polar surface area (TPSA) is 37.3 Å². The molecule has 0 rings (SSSR count). The van der Waals surface area contributed by atoms with Crippen molar-refractivity contribution in [3.05, 3.63) is 18.6 Å². The average molecular weight is 141 g/mol. The maximum Gasteiger partial charge on any atom is 0.306 e. The maximum atomic E-state index is 10.4. The lowest BCUT2D eigenvalue weighted by atomic mass is 9.93. The van der Waals surface area contributed by atoms with Gasteiger partial charge in [0.15, 0.2) is 0 Å². The molecule has 1 radical (unpaired) electrons. The van der Waals surface area contributed by atoms with Crippen LogP contribution in [0.15, 0.2) is 12.7 Å². The minimum atomic E-state index is -0.764. The van der Waals surface area contributed by atoms with Crippen LogP contribution in [0, 0.1) is 11.8 Å². The van der Waals surface area contributed by atoms with Crippen molar-refractivity contribution >= 4 is 5.97 Å². The van der Waals surface area contributed by atoms with E-state index in [4.69, 9.17) is 5.11 Å². The number of allylic oxidation sites excluding steroid dienone is 1. The zero-order valence-electron chi connectivity index (χ0n) is 6.42. The fourth-order valence-electron chi connectivity index (χ4n) is 0.615. The molecule has 10 heavy (non-hydrogen) atoms. The van der Waals surface area contributed by atoms with Gasteiger partial charge >= 0.3 is 5.97 Å². The van der Waals surface area contributed by atoms with Crippen molar-refractivity contribution < 1.29 is 9.90 Å². The van der Waals surface area contributed by atoms with Crippen LogP contribution in [0.25, 0.3) is 0 Å². The zero-order chi connectivity index (χ0) is 8.15. The van der Waals surface area contributed by atoms with E-state index < -0.39 is 5.97 Å². The van der Waals surface area contributed by atoms with Gasteiger partial charge in [-0.05, 0) is 12.3 Å². The summed E-state index contributed by atoms with van der Waals surface area (Å²) < 4.78 is 0. The number of rotatable bonds is 4. The predicted molar refractivity (Wildman–Crippen MR) is 40.5 cm³/mol. The van der Waals surface area contributed by atoms with E-state index in [1.807, 2.05) is 6.92 Å². The van der Waals surface area contributed by atoms with Crippen molar-refractivity contribution in [3.63, 3.8) is 0 Å². The number of carboxylic acid groups (broad SMARTS) is 1. The van der Waals surface area contributed by atoms with E-state index in [1.165, 1.54) is 0 Å². The Morgan fingerprint density at radius 3 is 2.60 bits per heavy atom. The van der Waals surface area contributed by atoms with Crippen LogP contribution in [0.2, 0.25) is 0 Å². The normalized spacial score (nSPS) is 13.1. The first-order valence-corrected chi connectivity index (χ1v) is 3.25. The smallest absolute Gasteiger partial charge is 0.306 e. The van der Waals surface area contributed by atoms with Crippen molar-refractivity contribution in [1.82, 2.24) is 0 Å². The summed E-state index contributed by atoms with van der Waals surface area (Å²) in [6.45, 7) is 7.04. The minimum absolute atomic E-state index is 0.349. The Kier molecular flexibility index (Phi) is 3.77. The summed E-state index contributed by atoms with van der Waals surface area (Å²) in [4.78, 5) is 10.4. The second-order valence-electron chi connectivity index (χ2n) is 2.40. The summed E-state index contributed by atoms with van der Waals surface area (Å²) >= 11 is 0. The van der Waals surface area contributed by atoms with E-state index >= 15 is 0 Å². The number of carbonyl (C=O) groups is 1. The fourth-order valence-corrected chi connectivity index (χ4v) is 0.615. The Morgan fingerprint density at radius 1 is 1.80 bits per heavy atom. The summed E-state index contributed by atoms with van der Waals surface area (Å²) in [6.07, 6.45) is 2.41. The van der Waals surface area contributed by atoms with E-state index in [-0.39, 0.29) is 5.92 Å². The Hall–Kier alpha value is -0.790. The Morgan fingerprint density at radius 2 is 2.30 bits per heavy atom. The molecule has 2 nitrogen and oxygen atoms in total. The molecule has 0 saturated heterocycles. The van der Waals surface area contributed by atoms with Crippen LogP contribution in [0.4, 0.5) is 0 Å². The van der Waals surface area contributed by atoms with Crippen LogP contribution >= 0.6 is 0 Å². The zero-order valence-corrected chi connectivity index (χ0v) is 6.42. The third-order valence-electron chi connectivity index (χ3n) is 1.58. The molecule has 0 heterocycles. The Bertz CT molecular complexity index is 129. The third kappa shape index (κ3) is 2.67. The SMILES string of the molecule is C=CC[C](C)C(C)C(=O)O. The standard InChI is InChI=1S/C8H13O2/c1-4-5-6(2)7(3)8(9)10/h4,7H,1,5H2,2-3H3,(H,9,10). The molecule has 1 unspecified atom stereocenters. The summed E-state index contributed by atoms with van der Waals surface area (Å²) in [6, 6.07) is 0. The van der Waals surface area contributed by atoms with Crippen LogP contribution in [-0.4, -0.2) is 11.1 Å². The van der Waals surface area contributed by atoms with Crippen LogP contribution in [0.5, 0.6) is 0 Å². The van der Waals surface area contributed by atoms with Crippen LogP contribution in [0.3, 0.4) is 0 Å². The molecule has 0 bridgehead atoms. The molecule has 1 atom stereocenters. The molecule has 57 valence electrons. The molecule has 0 aliphatic heterocycles. The molecule has 0 spiro atoms. The van der Waals surface area contributed by atoms with Gasteiger partial charge in [0.2, 0.25) is 0 Å². The summed E-state index contributed by atoms with van der Waals surface area (Å²) in [5.74, 6) is -0.167. The molecule has 0 fully saturated rings. The van der Waals surface area contributed by atoms with E-state index in [1.54, 1.807) is 13.0 Å². The van der Waals surface area contributed by atoms with Crippen molar-refractivity contribution in [1.29, 1.82) is 0 Å². The summed E-state index contributed by atoms with van der Waals surface area (Å²) in [5, 5.41) is 8.52. The molecule has 0 aromatic rings. The van der Waals surface area contributed by atoms with Crippen molar-refractivity contribution in [2.24, 2.45) is 5.92 Å². The average Bonchev–Trinajstić information content (AvgIpc) is 1.87. The Labute approximate surface area is 61.6 Å². The minimum Gasteiger partial charge on any atom is -0.481 e. The molecule has 0 amide bonds. The van der Waals surface area contributed by atoms with Gasteiger partial charge in [0, 0.05) is 0 Å². The van der Waals surface area contributed by atoms with Crippen LogP contribution in [0.1, 0.15) is 20.3 Å². The third-order valence-corrected chi connectivity index (χ3v) is 1.58. The molecule has 2 heteroatoms. The molecule has 0 aromatic heterocycles. The summed E-state index contributed by atoms with van der Waals surface area (Å²) in [7, 11) is 0. The van der Waals surface area contributed by atoms with Crippen LogP contribution in [-0.2, 0) is 4.79 Å². The molecule has 1 N–H and O–H groups in total. The Balaban J connectivity index is 3.80. The van der Waals surface area contributed by atoms with Crippen molar-refractivity contribution in [3.8, 4) is 0 Å². The van der Waals surface area contributed by atoms with Gasteiger partial charge in [0.05, 0.1) is 5.92 Å². The lowest BCUT2D eigenvalue weighted by molar-refractivity contribution is -0.140. The molecular weight excluding hydrogens is 128 g/mol. The molecule has 0 saturated carbocycles. The highest BCUT2D eigenvalue weighted by molar-refractivity contribution is 5.72. The van der Waals surface area contributed by atoms with Crippen molar-refractivity contribution in [2.45, 2.75) is 20.3 Å². The number of hydrogen-bond donors (Lipinski definition) is 1. The number of aliphatic carboxylic acids is 1. The van der Waals surface area contributed by atoms with E-state index in [0.29, 0.717) is 6.42 Å². The first kappa shape index (κ1) is 9.21.